The number of hydrogen-bond donors (Lipinski definition) is 3. The second-order valence-electron chi connectivity index (χ2n) is 4.72. The number of nitrogens with zero attached hydrogens (tertiary/aromatic N) is 2. The molecule has 106 valence electrons. The summed E-state index contributed by atoms with van der Waals surface area (Å²) in [5.41, 5.74) is 2.36. The Hall–Kier alpha value is -1.22. The molecular weight excluding hydrogens is 266 g/mol. The van der Waals surface area contributed by atoms with Gasteiger partial charge in [-0.25, -0.2) is 24.0 Å². The van der Waals surface area contributed by atoms with E-state index in [1.807, 2.05) is 7.05 Å². The van der Waals surface area contributed by atoms with Crippen molar-refractivity contribution in [1.82, 2.24) is 14.6 Å². The molecule has 8 heteroatoms. The molecular formula is C11H19N5O2S. The van der Waals surface area contributed by atoms with Gasteiger partial charge in [-0.3, -0.25) is 0 Å². The number of nitrogen functional groups attached to an aromatic ring is 1. The van der Waals surface area contributed by atoms with Crippen molar-refractivity contribution in [1.29, 1.82) is 0 Å². The number of nitrogens with one attached hydrogen (secondary N) is 2. The van der Waals surface area contributed by atoms with E-state index in [9.17, 15) is 8.42 Å². The summed E-state index contributed by atoms with van der Waals surface area (Å²) in [4.78, 5) is 6.25. The summed E-state index contributed by atoms with van der Waals surface area (Å²) in [6, 6.07) is 3.01. The standard InChI is InChI=1S/C11H19N5O2S/c1-16-6-4-9(5-7-16)15-19(17,18)10-2-3-11(14-12)13-8-10/h2-3,8-9,15H,4-7,12H2,1H3,(H,13,14). The normalized spacial score (nSPS) is 18.4. The van der Waals surface area contributed by atoms with Crippen LogP contribution in [0.2, 0.25) is 0 Å². The topological polar surface area (TPSA) is 100 Å². The van der Waals surface area contributed by atoms with Crippen molar-refractivity contribution in [2.45, 2.75) is 23.8 Å². The van der Waals surface area contributed by atoms with Gasteiger partial charge in [-0.05, 0) is 45.1 Å². The zero-order chi connectivity index (χ0) is 13.9. The van der Waals surface area contributed by atoms with E-state index in [1.165, 1.54) is 18.3 Å². The van der Waals surface area contributed by atoms with Gasteiger partial charge in [-0.1, -0.05) is 0 Å². The van der Waals surface area contributed by atoms with E-state index < -0.39 is 10.0 Å². The first-order valence-corrected chi connectivity index (χ1v) is 7.63. The minimum Gasteiger partial charge on any atom is -0.308 e. The Morgan fingerprint density at radius 1 is 1.37 bits per heavy atom. The van der Waals surface area contributed by atoms with E-state index in [-0.39, 0.29) is 10.9 Å². The lowest BCUT2D eigenvalue weighted by atomic mass is 10.1. The average molecular weight is 285 g/mol. The van der Waals surface area contributed by atoms with Crippen LogP contribution in [0.1, 0.15) is 12.8 Å². The molecule has 0 spiro atoms. The molecule has 1 saturated heterocycles. The number of anilines is 1. The van der Waals surface area contributed by atoms with E-state index in [1.54, 1.807) is 0 Å². The Bertz CT molecular complexity index is 508. The molecule has 2 heterocycles. The molecule has 0 aromatic carbocycles. The fourth-order valence-electron chi connectivity index (χ4n) is 2.04. The number of pyridine rings is 1. The van der Waals surface area contributed by atoms with Gasteiger partial charge in [0, 0.05) is 12.2 Å². The molecule has 0 aliphatic carbocycles. The molecule has 1 aliphatic rings. The van der Waals surface area contributed by atoms with Gasteiger partial charge in [0.15, 0.2) is 0 Å². The smallest absolute Gasteiger partial charge is 0.242 e. The minimum atomic E-state index is -3.50. The number of likely N-dealkylation sites (tertiary alicyclic amines) is 1. The predicted octanol–water partition coefficient (Wildman–Crippen LogP) is -0.260. The van der Waals surface area contributed by atoms with Crippen LogP contribution < -0.4 is 16.0 Å². The highest BCUT2D eigenvalue weighted by Gasteiger charge is 2.23. The van der Waals surface area contributed by atoms with Crippen LogP contribution in [0.25, 0.3) is 0 Å². The number of hydrogen-bond acceptors (Lipinski definition) is 6. The number of piperidine rings is 1. The van der Waals surface area contributed by atoms with Crippen LogP contribution in [-0.4, -0.2) is 44.5 Å². The summed E-state index contributed by atoms with van der Waals surface area (Å²) in [7, 11) is -1.47. The Kier molecular flexibility index (Phi) is 4.35. The number of aromatic nitrogens is 1. The second-order valence-corrected chi connectivity index (χ2v) is 6.44. The first-order chi connectivity index (χ1) is 9.01. The van der Waals surface area contributed by atoms with Crippen LogP contribution in [-0.2, 0) is 10.0 Å². The molecule has 2 rings (SSSR count). The minimum absolute atomic E-state index is 0.00601. The van der Waals surface area contributed by atoms with Gasteiger partial charge < -0.3 is 10.3 Å². The third kappa shape index (κ3) is 3.63. The van der Waals surface area contributed by atoms with Gasteiger partial charge in [0.05, 0.1) is 0 Å². The number of nitrogens with two attached hydrogens (primary N) is 1. The fraction of sp³-hybridized carbons (Fsp3) is 0.545. The van der Waals surface area contributed by atoms with Crippen LogP contribution >= 0.6 is 0 Å². The van der Waals surface area contributed by atoms with Crippen molar-refractivity contribution in [3.05, 3.63) is 18.3 Å². The third-order valence-electron chi connectivity index (χ3n) is 3.23. The third-order valence-corrected chi connectivity index (χ3v) is 4.74. The summed E-state index contributed by atoms with van der Waals surface area (Å²) < 4.78 is 27.1. The summed E-state index contributed by atoms with van der Waals surface area (Å²) in [5, 5.41) is 0. The van der Waals surface area contributed by atoms with Crippen LogP contribution in [0.5, 0.6) is 0 Å². The molecule has 1 aliphatic heterocycles. The lowest BCUT2D eigenvalue weighted by Crippen LogP contribution is -2.43. The van der Waals surface area contributed by atoms with Gasteiger partial charge in [-0.2, -0.15) is 0 Å². The molecule has 1 aromatic rings. The zero-order valence-electron chi connectivity index (χ0n) is 10.8. The van der Waals surface area contributed by atoms with Crippen LogP contribution in [0.4, 0.5) is 5.82 Å². The molecule has 19 heavy (non-hydrogen) atoms. The van der Waals surface area contributed by atoms with E-state index in [0.29, 0.717) is 5.82 Å². The van der Waals surface area contributed by atoms with E-state index in [0.717, 1.165) is 25.9 Å². The fourth-order valence-corrected chi connectivity index (χ4v) is 3.29. The maximum absolute atomic E-state index is 12.2. The van der Waals surface area contributed by atoms with Crippen LogP contribution in [0, 0.1) is 0 Å². The molecule has 0 amide bonds. The van der Waals surface area contributed by atoms with Crippen molar-refractivity contribution in [3.63, 3.8) is 0 Å². The van der Waals surface area contributed by atoms with Crippen molar-refractivity contribution < 1.29 is 8.42 Å². The number of hydrazine groups is 1. The Balaban J connectivity index is 2.05. The summed E-state index contributed by atoms with van der Waals surface area (Å²) in [6.07, 6.45) is 2.95. The maximum atomic E-state index is 12.2. The highest BCUT2D eigenvalue weighted by Crippen LogP contribution is 2.14. The Labute approximate surface area is 113 Å². The molecule has 7 nitrogen and oxygen atoms in total. The Morgan fingerprint density at radius 2 is 2.05 bits per heavy atom. The molecule has 0 atom stereocenters. The van der Waals surface area contributed by atoms with Crippen molar-refractivity contribution in [2.24, 2.45) is 5.84 Å². The van der Waals surface area contributed by atoms with E-state index in [4.69, 9.17) is 5.84 Å². The lowest BCUT2D eigenvalue weighted by Gasteiger charge is -2.29. The summed E-state index contributed by atoms with van der Waals surface area (Å²) in [6.45, 7) is 1.81. The first-order valence-electron chi connectivity index (χ1n) is 6.15. The summed E-state index contributed by atoms with van der Waals surface area (Å²) >= 11 is 0. The SMILES string of the molecule is CN1CCC(NS(=O)(=O)c2ccc(NN)nc2)CC1. The molecule has 0 radical (unpaired) electrons. The van der Waals surface area contributed by atoms with Gasteiger partial charge in [0.25, 0.3) is 0 Å². The van der Waals surface area contributed by atoms with Gasteiger partial charge in [0.1, 0.15) is 10.7 Å². The molecule has 1 fully saturated rings. The van der Waals surface area contributed by atoms with Gasteiger partial charge >= 0.3 is 0 Å². The van der Waals surface area contributed by atoms with E-state index >= 15 is 0 Å². The van der Waals surface area contributed by atoms with Crippen LogP contribution in [0.15, 0.2) is 23.2 Å². The highest BCUT2D eigenvalue weighted by molar-refractivity contribution is 7.89. The monoisotopic (exact) mass is 285 g/mol. The van der Waals surface area contributed by atoms with E-state index in [2.05, 4.69) is 20.0 Å². The molecule has 0 saturated carbocycles. The van der Waals surface area contributed by atoms with Gasteiger partial charge in [-0.15, -0.1) is 0 Å². The molecule has 1 aromatic heterocycles. The first kappa shape index (κ1) is 14.2. The van der Waals surface area contributed by atoms with Crippen molar-refractivity contribution in [2.75, 3.05) is 25.6 Å². The largest absolute Gasteiger partial charge is 0.308 e. The lowest BCUT2D eigenvalue weighted by molar-refractivity contribution is 0.248. The maximum Gasteiger partial charge on any atom is 0.242 e. The van der Waals surface area contributed by atoms with Crippen molar-refractivity contribution in [3.8, 4) is 0 Å². The Morgan fingerprint density at radius 3 is 2.58 bits per heavy atom. The quantitative estimate of drug-likeness (QED) is 0.520. The molecule has 4 N–H and O–H groups in total. The van der Waals surface area contributed by atoms with Gasteiger partial charge in [0.2, 0.25) is 10.0 Å². The second kappa shape index (κ2) is 5.83. The van der Waals surface area contributed by atoms with Crippen molar-refractivity contribution >= 4 is 15.8 Å². The molecule has 0 bridgehead atoms. The number of sulfonamides is 1. The molecule has 0 unspecified atom stereocenters. The number of rotatable bonds is 4. The summed E-state index contributed by atoms with van der Waals surface area (Å²) in [5.74, 6) is 5.62. The highest BCUT2D eigenvalue weighted by atomic mass is 32.2. The average Bonchev–Trinajstić information content (AvgIpc) is 2.41. The van der Waals surface area contributed by atoms with Crippen LogP contribution in [0.3, 0.4) is 0 Å². The zero-order valence-corrected chi connectivity index (χ0v) is 11.7. The predicted molar refractivity (Wildman–Crippen MR) is 72.9 cm³/mol.